The molecule has 3 aromatic rings. The molecule has 6 rings (SSSR count). The Balaban J connectivity index is 1.36. The third-order valence-corrected chi connectivity index (χ3v) is 5.88. The molecule has 7 nitrogen and oxygen atoms in total. The smallest absolute Gasteiger partial charge is 0.227 e. The van der Waals surface area contributed by atoms with Crippen LogP contribution in [-0.2, 0) is 18.0 Å². The number of benzene rings is 1. The molecule has 2 fully saturated rings. The van der Waals surface area contributed by atoms with Gasteiger partial charge in [0.05, 0.1) is 18.9 Å². The van der Waals surface area contributed by atoms with Gasteiger partial charge in [-0.15, -0.1) is 0 Å². The Morgan fingerprint density at radius 2 is 1.96 bits per heavy atom. The van der Waals surface area contributed by atoms with Crippen LogP contribution in [0.3, 0.4) is 0 Å². The molecule has 2 bridgehead atoms. The summed E-state index contributed by atoms with van der Waals surface area (Å²) < 4.78 is 5.67. The molecule has 27 heavy (non-hydrogen) atoms. The maximum atomic E-state index is 5.67. The number of aromatic nitrogens is 3. The van der Waals surface area contributed by atoms with Crippen LogP contribution in [0.4, 0.5) is 17.5 Å². The molecule has 0 radical (unpaired) electrons. The van der Waals surface area contributed by atoms with Crippen molar-refractivity contribution in [2.45, 2.75) is 38.1 Å². The van der Waals surface area contributed by atoms with Gasteiger partial charge in [0, 0.05) is 53.5 Å². The number of nitrogens with one attached hydrogen (secondary N) is 3. The first kappa shape index (κ1) is 15.4. The Kier molecular flexibility index (Phi) is 3.39. The minimum Gasteiger partial charge on any atom is -0.370 e. The molecule has 0 amide bonds. The van der Waals surface area contributed by atoms with E-state index in [0.29, 0.717) is 25.3 Å². The first-order chi connectivity index (χ1) is 13.3. The highest BCUT2D eigenvalue weighted by Gasteiger charge is 2.34. The van der Waals surface area contributed by atoms with Crippen molar-refractivity contribution in [3.8, 4) is 0 Å². The molecule has 7 heteroatoms. The Morgan fingerprint density at radius 1 is 1.07 bits per heavy atom. The summed E-state index contributed by atoms with van der Waals surface area (Å²) in [5.41, 5.74) is 4.25. The number of aromatic amines is 1. The number of fused-ring (bicyclic) bond motifs is 4. The number of ether oxygens (including phenoxy) is 1. The van der Waals surface area contributed by atoms with Crippen LogP contribution in [0, 0.1) is 0 Å². The first-order valence-electron chi connectivity index (χ1n) is 9.64. The monoisotopic (exact) mass is 362 g/mol. The van der Waals surface area contributed by atoms with Gasteiger partial charge in [-0.1, -0.05) is 0 Å². The second-order valence-corrected chi connectivity index (χ2v) is 7.74. The fraction of sp³-hybridized carbons (Fsp3) is 0.400. The quantitative estimate of drug-likeness (QED) is 0.665. The van der Waals surface area contributed by atoms with E-state index in [1.165, 1.54) is 18.2 Å². The number of hydrogen-bond donors (Lipinski definition) is 3. The zero-order valence-electron chi connectivity index (χ0n) is 15.0. The summed E-state index contributed by atoms with van der Waals surface area (Å²) in [4.78, 5) is 15.3. The molecule has 3 aliphatic heterocycles. The van der Waals surface area contributed by atoms with Gasteiger partial charge in [0.15, 0.2) is 0 Å². The lowest BCUT2D eigenvalue weighted by Gasteiger charge is -2.33. The van der Waals surface area contributed by atoms with Crippen molar-refractivity contribution in [3.63, 3.8) is 0 Å². The molecule has 0 saturated carbocycles. The van der Waals surface area contributed by atoms with Gasteiger partial charge in [0.25, 0.3) is 0 Å². The van der Waals surface area contributed by atoms with E-state index in [1.54, 1.807) is 0 Å². The summed E-state index contributed by atoms with van der Waals surface area (Å²) in [6, 6.07) is 9.50. The van der Waals surface area contributed by atoms with Crippen molar-refractivity contribution in [2.24, 2.45) is 0 Å². The number of nitrogens with zero attached hydrogens (tertiary/aromatic N) is 3. The number of hydrogen-bond acceptors (Lipinski definition) is 6. The van der Waals surface area contributed by atoms with E-state index in [2.05, 4.69) is 44.8 Å². The Labute approximate surface area is 157 Å². The van der Waals surface area contributed by atoms with Gasteiger partial charge < -0.3 is 25.3 Å². The molecule has 138 valence electrons. The Morgan fingerprint density at radius 3 is 2.85 bits per heavy atom. The van der Waals surface area contributed by atoms with E-state index in [4.69, 9.17) is 14.7 Å². The average Bonchev–Trinajstić information content (AvgIpc) is 3.41. The second-order valence-electron chi connectivity index (χ2n) is 7.74. The lowest BCUT2D eigenvalue weighted by atomic mass is 10.2. The fourth-order valence-electron chi connectivity index (χ4n) is 4.51. The molecule has 0 aliphatic carbocycles. The van der Waals surface area contributed by atoms with Crippen LogP contribution in [0.1, 0.15) is 24.1 Å². The zero-order chi connectivity index (χ0) is 17.8. The predicted octanol–water partition coefficient (Wildman–Crippen LogP) is 2.67. The lowest BCUT2D eigenvalue weighted by Crippen LogP contribution is -2.51. The van der Waals surface area contributed by atoms with Crippen molar-refractivity contribution in [1.82, 2.24) is 20.3 Å². The predicted molar refractivity (Wildman–Crippen MR) is 104 cm³/mol. The van der Waals surface area contributed by atoms with Gasteiger partial charge in [-0.25, -0.2) is 4.98 Å². The Bertz CT molecular complexity index is 1000. The largest absolute Gasteiger partial charge is 0.370 e. The van der Waals surface area contributed by atoms with Gasteiger partial charge >= 0.3 is 0 Å². The van der Waals surface area contributed by atoms with Gasteiger partial charge in [-0.3, -0.25) is 0 Å². The van der Waals surface area contributed by atoms with Crippen LogP contribution in [-0.4, -0.2) is 40.1 Å². The van der Waals surface area contributed by atoms with Crippen LogP contribution < -0.4 is 15.5 Å². The maximum absolute atomic E-state index is 5.67. The number of rotatable bonds is 3. The normalized spacial score (nSPS) is 23.8. The van der Waals surface area contributed by atoms with Crippen LogP contribution >= 0.6 is 0 Å². The van der Waals surface area contributed by atoms with Gasteiger partial charge in [0.1, 0.15) is 5.82 Å². The third kappa shape index (κ3) is 2.65. The Hall–Kier alpha value is -2.64. The molecule has 2 unspecified atom stereocenters. The number of piperazine rings is 1. The molecule has 1 aromatic carbocycles. The zero-order valence-corrected chi connectivity index (χ0v) is 15.0. The van der Waals surface area contributed by atoms with E-state index in [1.807, 2.05) is 6.20 Å². The van der Waals surface area contributed by atoms with Gasteiger partial charge in [-0.2, -0.15) is 4.98 Å². The van der Waals surface area contributed by atoms with Crippen LogP contribution in [0.25, 0.3) is 10.9 Å². The van der Waals surface area contributed by atoms with Crippen LogP contribution in [0.5, 0.6) is 0 Å². The fourth-order valence-corrected chi connectivity index (χ4v) is 4.51. The number of anilines is 3. The van der Waals surface area contributed by atoms with E-state index in [9.17, 15) is 0 Å². The first-order valence-corrected chi connectivity index (χ1v) is 9.64. The minimum atomic E-state index is 0.560. The summed E-state index contributed by atoms with van der Waals surface area (Å²) in [6.07, 6.45) is 4.45. The van der Waals surface area contributed by atoms with E-state index in [-0.39, 0.29) is 0 Å². The molecule has 0 spiro atoms. The van der Waals surface area contributed by atoms with E-state index in [0.717, 1.165) is 47.3 Å². The van der Waals surface area contributed by atoms with Gasteiger partial charge in [-0.05, 0) is 37.1 Å². The maximum Gasteiger partial charge on any atom is 0.227 e. The topological polar surface area (TPSA) is 78.1 Å². The average molecular weight is 362 g/mol. The SMILES string of the molecule is c1cc2cc(Nc3nc(N4CC5CCC(C4)N5)nc4c3COC4)ccc2[nH]1. The van der Waals surface area contributed by atoms with Crippen molar-refractivity contribution in [2.75, 3.05) is 23.3 Å². The van der Waals surface area contributed by atoms with Crippen molar-refractivity contribution in [3.05, 3.63) is 41.7 Å². The van der Waals surface area contributed by atoms with Crippen LogP contribution in [0.2, 0.25) is 0 Å². The summed E-state index contributed by atoms with van der Waals surface area (Å²) in [7, 11) is 0. The van der Waals surface area contributed by atoms with E-state index < -0.39 is 0 Å². The molecule has 2 aromatic heterocycles. The summed E-state index contributed by atoms with van der Waals surface area (Å²) in [5, 5.41) is 8.37. The molecular formula is C20H22N6O. The van der Waals surface area contributed by atoms with Crippen molar-refractivity contribution in [1.29, 1.82) is 0 Å². The highest BCUT2D eigenvalue weighted by atomic mass is 16.5. The molecule has 2 atom stereocenters. The van der Waals surface area contributed by atoms with Crippen LogP contribution in [0.15, 0.2) is 30.5 Å². The highest BCUT2D eigenvalue weighted by molar-refractivity contribution is 5.84. The lowest BCUT2D eigenvalue weighted by molar-refractivity contribution is 0.133. The summed E-state index contributed by atoms with van der Waals surface area (Å²) in [6.45, 7) is 3.09. The number of H-pyrrole nitrogens is 1. The molecular weight excluding hydrogens is 340 g/mol. The molecule has 3 N–H and O–H groups in total. The van der Waals surface area contributed by atoms with Crippen molar-refractivity contribution >= 4 is 28.4 Å². The molecule has 3 aliphatic rings. The van der Waals surface area contributed by atoms with E-state index >= 15 is 0 Å². The standard InChI is InChI=1S/C20H22N6O/c1-2-15-9-26(8-14(1)22-15)20-24-18-11-27-10-16(18)19(25-20)23-13-3-4-17-12(7-13)5-6-21-17/h3-7,14-15,21-22H,1-2,8-11H2,(H,23,24,25). The molecule has 2 saturated heterocycles. The van der Waals surface area contributed by atoms with Crippen molar-refractivity contribution < 1.29 is 4.74 Å². The van der Waals surface area contributed by atoms with Gasteiger partial charge in [0.2, 0.25) is 5.95 Å². The molecule has 5 heterocycles. The second kappa shape index (κ2) is 5.94. The third-order valence-electron chi connectivity index (χ3n) is 5.88. The summed E-state index contributed by atoms with van der Waals surface area (Å²) >= 11 is 0. The highest BCUT2D eigenvalue weighted by Crippen LogP contribution is 2.31. The summed E-state index contributed by atoms with van der Waals surface area (Å²) in [5.74, 6) is 1.69. The minimum absolute atomic E-state index is 0.560.